The minimum atomic E-state index is -0.231. The number of aromatic amines is 1. The minimum absolute atomic E-state index is 0.00961. The number of hydrogen-bond donors (Lipinski definition) is 2. The van der Waals surface area contributed by atoms with Gasteiger partial charge >= 0.3 is 0 Å². The Bertz CT molecular complexity index is 509. The summed E-state index contributed by atoms with van der Waals surface area (Å²) in [7, 11) is 0. The van der Waals surface area contributed by atoms with E-state index in [1.54, 1.807) is 0 Å². The van der Waals surface area contributed by atoms with Crippen LogP contribution in [0.1, 0.15) is 23.0 Å². The van der Waals surface area contributed by atoms with Gasteiger partial charge in [0.1, 0.15) is 0 Å². The number of aromatic nitrogens is 3. The number of carbonyl (C=O) groups excluding carboxylic acids is 1. The summed E-state index contributed by atoms with van der Waals surface area (Å²) >= 11 is 5.81. The van der Waals surface area contributed by atoms with Gasteiger partial charge in [0.2, 0.25) is 0 Å². The van der Waals surface area contributed by atoms with E-state index in [1.165, 1.54) is 6.20 Å². The van der Waals surface area contributed by atoms with Crippen LogP contribution in [-0.4, -0.2) is 27.4 Å². The third-order valence-electron chi connectivity index (χ3n) is 2.48. The molecule has 2 rings (SSSR count). The summed E-state index contributed by atoms with van der Waals surface area (Å²) in [4.78, 5) is 11.7. The standard InChI is InChI=1S/C12H13ClN4O/c1-8(6-9-2-4-10(13)5-3-9)15-12(18)11-7-14-17-16-11/h2-5,7-8H,6H2,1H3,(H,15,18)(H,14,16,17). The van der Waals surface area contributed by atoms with Crippen LogP contribution < -0.4 is 5.32 Å². The molecule has 1 unspecified atom stereocenters. The van der Waals surface area contributed by atoms with Crippen molar-refractivity contribution in [1.82, 2.24) is 20.7 Å². The van der Waals surface area contributed by atoms with E-state index in [0.717, 1.165) is 12.0 Å². The number of benzene rings is 1. The van der Waals surface area contributed by atoms with Gasteiger partial charge in [-0.1, -0.05) is 23.7 Å². The number of H-pyrrole nitrogens is 1. The van der Waals surface area contributed by atoms with Gasteiger partial charge in [0, 0.05) is 11.1 Å². The van der Waals surface area contributed by atoms with E-state index in [-0.39, 0.29) is 17.6 Å². The fourth-order valence-corrected chi connectivity index (χ4v) is 1.76. The molecule has 1 aromatic heterocycles. The molecule has 5 nitrogen and oxygen atoms in total. The molecule has 0 bridgehead atoms. The van der Waals surface area contributed by atoms with Gasteiger partial charge in [0.15, 0.2) is 5.69 Å². The molecular formula is C12H13ClN4O. The van der Waals surface area contributed by atoms with Crippen molar-refractivity contribution in [2.75, 3.05) is 0 Å². The topological polar surface area (TPSA) is 70.7 Å². The van der Waals surface area contributed by atoms with Crippen LogP contribution >= 0.6 is 11.6 Å². The zero-order chi connectivity index (χ0) is 13.0. The number of nitrogens with zero attached hydrogens (tertiary/aromatic N) is 2. The normalized spacial score (nSPS) is 12.1. The number of nitrogens with one attached hydrogen (secondary N) is 2. The Morgan fingerprint density at radius 1 is 1.44 bits per heavy atom. The Morgan fingerprint density at radius 2 is 2.17 bits per heavy atom. The Kier molecular flexibility index (Phi) is 3.94. The van der Waals surface area contributed by atoms with Crippen LogP contribution in [-0.2, 0) is 6.42 Å². The maximum Gasteiger partial charge on any atom is 0.273 e. The summed E-state index contributed by atoms with van der Waals surface area (Å²) in [5, 5.41) is 13.3. The van der Waals surface area contributed by atoms with E-state index in [4.69, 9.17) is 11.6 Å². The van der Waals surface area contributed by atoms with Gasteiger partial charge < -0.3 is 5.32 Å². The van der Waals surface area contributed by atoms with Crippen LogP contribution in [0.4, 0.5) is 0 Å². The van der Waals surface area contributed by atoms with Crippen molar-refractivity contribution in [2.24, 2.45) is 0 Å². The van der Waals surface area contributed by atoms with Crippen molar-refractivity contribution < 1.29 is 4.79 Å². The Labute approximate surface area is 110 Å². The first-order valence-electron chi connectivity index (χ1n) is 5.56. The molecule has 0 aliphatic rings. The molecule has 6 heteroatoms. The van der Waals surface area contributed by atoms with Crippen LogP contribution in [0.3, 0.4) is 0 Å². The van der Waals surface area contributed by atoms with Gasteiger partial charge in [-0.2, -0.15) is 15.4 Å². The van der Waals surface area contributed by atoms with Crippen LogP contribution in [0.25, 0.3) is 0 Å². The first-order chi connectivity index (χ1) is 8.65. The third kappa shape index (κ3) is 3.30. The van der Waals surface area contributed by atoms with E-state index < -0.39 is 0 Å². The number of carbonyl (C=O) groups is 1. The monoisotopic (exact) mass is 264 g/mol. The SMILES string of the molecule is CC(Cc1ccc(Cl)cc1)NC(=O)c1cn[nH]n1. The lowest BCUT2D eigenvalue weighted by molar-refractivity contribution is 0.0935. The van der Waals surface area contributed by atoms with Gasteiger partial charge in [-0.3, -0.25) is 4.79 Å². The van der Waals surface area contributed by atoms with Crippen molar-refractivity contribution in [3.8, 4) is 0 Å². The van der Waals surface area contributed by atoms with Crippen molar-refractivity contribution >= 4 is 17.5 Å². The molecule has 1 aromatic carbocycles. The molecule has 18 heavy (non-hydrogen) atoms. The predicted molar refractivity (Wildman–Crippen MR) is 68.5 cm³/mol. The maximum absolute atomic E-state index is 11.7. The smallest absolute Gasteiger partial charge is 0.273 e. The van der Waals surface area contributed by atoms with E-state index in [1.807, 2.05) is 31.2 Å². The molecule has 0 radical (unpaired) electrons. The first kappa shape index (κ1) is 12.6. The van der Waals surface area contributed by atoms with E-state index in [9.17, 15) is 4.79 Å². The summed E-state index contributed by atoms with van der Waals surface area (Å²) in [6, 6.07) is 7.57. The summed E-state index contributed by atoms with van der Waals surface area (Å²) < 4.78 is 0. The molecule has 94 valence electrons. The van der Waals surface area contributed by atoms with E-state index in [0.29, 0.717) is 5.02 Å². The predicted octanol–water partition coefficient (Wildman–Crippen LogP) is 1.82. The van der Waals surface area contributed by atoms with Crippen molar-refractivity contribution in [3.05, 3.63) is 46.7 Å². The molecule has 0 saturated carbocycles. The Morgan fingerprint density at radius 3 is 2.78 bits per heavy atom. The fraction of sp³-hybridized carbons (Fsp3) is 0.250. The Balaban J connectivity index is 1.90. The first-order valence-corrected chi connectivity index (χ1v) is 5.94. The lowest BCUT2D eigenvalue weighted by Crippen LogP contribution is -2.34. The summed E-state index contributed by atoms with van der Waals surface area (Å²) in [6.07, 6.45) is 2.13. The molecule has 1 amide bonds. The zero-order valence-electron chi connectivity index (χ0n) is 9.85. The molecule has 0 saturated heterocycles. The van der Waals surface area contributed by atoms with Gasteiger partial charge in [0.25, 0.3) is 5.91 Å². The highest BCUT2D eigenvalue weighted by molar-refractivity contribution is 6.30. The summed E-state index contributed by atoms with van der Waals surface area (Å²) in [6.45, 7) is 1.94. The van der Waals surface area contributed by atoms with Gasteiger partial charge in [-0.15, -0.1) is 0 Å². The molecule has 0 spiro atoms. The van der Waals surface area contributed by atoms with Crippen LogP contribution in [0.15, 0.2) is 30.5 Å². The average Bonchev–Trinajstić information content (AvgIpc) is 2.85. The highest BCUT2D eigenvalue weighted by atomic mass is 35.5. The minimum Gasteiger partial charge on any atom is -0.348 e. The average molecular weight is 265 g/mol. The lowest BCUT2D eigenvalue weighted by Gasteiger charge is -2.12. The van der Waals surface area contributed by atoms with E-state index >= 15 is 0 Å². The lowest BCUT2D eigenvalue weighted by atomic mass is 10.1. The maximum atomic E-state index is 11.7. The molecule has 0 aliphatic heterocycles. The number of amides is 1. The summed E-state index contributed by atoms with van der Waals surface area (Å²) in [5.41, 5.74) is 1.41. The molecule has 0 aliphatic carbocycles. The number of rotatable bonds is 4. The molecule has 2 N–H and O–H groups in total. The zero-order valence-corrected chi connectivity index (χ0v) is 10.6. The van der Waals surface area contributed by atoms with Crippen molar-refractivity contribution in [1.29, 1.82) is 0 Å². The third-order valence-corrected chi connectivity index (χ3v) is 2.73. The second-order valence-electron chi connectivity index (χ2n) is 4.06. The second-order valence-corrected chi connectivity index (χ2v) is 4.50. The fourth-order valence-electron chi connectivity index (χ4n) is 1.63. The molecule has 1 heterocycles. The highest BCUT2D eigenvalue weighted by Crippen LogP contribution is 2.11. The Hall–Kier alpha value is -1.88. The summed E-state index contributed by atoms with van der Waals surface area (Å²) in [5.74, 6) is -0.231. The van der Waals surface area contributed by atoms with Crippen LogP contribution in [0.2, 0.25) is 5.02 Å². The largest absolute Gasteiger partial charge is 0.348 e. The van der Waals surface area contributed by atoms with Gasteiger partial charge in [-0.05, 0) is 31.0 Å². The van der Waals surface area contributed by atoms with Gasteiger partial charge in [-0.25, -0.2) is 0 Å². The van der Waals surface area contributed by atoms with Crippen LogP contribution in [0.5, 0.6) is 0 Å². The molecule has 2 aromatic rings. The molecule has 1 atom stereocenters. The number of halogens is 1. The second kappa shape index (κ2) is 5.64. The molecular weight excluding hydrogens is 252 g/mol. The van der Waals surface area contributed by atoms with Crippen LogP contribution in [0, 0.1) is 0 Å². The van der Waals surface area contributed by atoms with Crippen molar-refractivity contribution in [2.45, 2.75) is 19.4 Å². The number of hydrogen-bond acceptors (Lipinski definition) is 3. The molecule has 0 fully saturated rings. The van der Waals surface area contributed by atoms with E-state index in [2.05, 4.69) is 20.7 Å². The quantitative estimate of drug-likeness (QED) is 0.885. The van der Waals surface area contributed by atoms with Gasteiger partial charge in [0.05, 0.1) is 6.20 Å². The highest BCUT2D eigenvalue weighted by Gasteiger charge is 2.12. The van der Waals surface area contributed by atoms with Crippen molar-refractivity contribution in [3.63, 3.8) is 0 Å².